The average Bonchev–Trinajstić information content (AvgIpc) is 2.16. The molecular formula is C11H15ClO2. The van der Waals surface area contributed by atoms with Gasteiger partial charge in [0.25, 0.3) is 0 Å². The minimum atomic E-state index is 0.145. The lowest BCUT2D eigenvalue weighted by molar-refractivity contribution is 0.174. The van der Waals surface area contributed by atoms with Crippen LogP contribution in [0.5, 0.6) is 5.75 Å². The van der Waals surface area contributed by atoms with E-state index < -0.39 is 0 Å². The molecular weight excluding hydrogens is 200 g/mol. The first-order valence-corrected chi connectivity index (χ1v) is 5.01. The van der Waals surface area contributed by atoms with Crippen LogP contribution in [0, 0.1) is 12.8 Å². The van der Waals surface area contributed by atoms with E-state index in [9.17, 15) is 0 Å². The third kappa shape index (κ3) is 3.20. The standard InChI is InChI=1S/C11H15ClO2/c1-8(6-13)7-14-11-4-3-10(12)5-9(11)2/h3-5,8,13H,6-7H2,1-2H3. The molecule has 1 atom stereocenters. The Bertz CT molecular complexity index is 299. The lowest BCUT2D eigenvalue weighted by Crippen LogP contribution is -2.12. The Morgan fingerprint density at radius 2 is 2.21 bits per heavy atom. The summed E-state index contributed by atoms with van der Waals surface area (Å²) in [7, 11) is 0. The number of aliphatic hydroxyl groups excluding tert-OH is 1. The predicted octanol–water partition coefficient (Wildman–Crippen LogP) is 2.66. The largest absolute Gasteiger partial charge is 0.493 e. The highest BCUT2D eigenvalue weighted by molar-refractivity contribution is 6.30. The molecule has 0 spiro atoms. The van der Waals surface area contributed by atoms with Crippen LogP contribution in [0.3, 0.4) is 0 Å². The number of hydrogen-bond acceptors (Lipinski definition) is 2. The summed E-state index contributed by atoms with van der Waals surface area (Å²) in [5.74, 6) is 0.986. The van der Waals surface area contributed by atoms with Crippen molar-refractivity contribution in [1.29, 1.82) is 0 Å². The van der Waals surface area contributed by atoms with Gasteiger partial charge in [-0.1, -0.05) is 18.5 Å². The molecule has 0 saturated heterocycles. The molecule has 1 rings (SSSR count). The molecule has 78 valence electrons. The van der Waals surface area contributed by atoms with Gasteiger partial charge in [0.15, 0.2) is 0 Å². The normalized spacial score (nSPS) is 12.6. The molecule has 0 aliphatic heterocycles. The number of hydrogen-bond donors (Lipinski definition) is 1. The van der Waals surface area contributed by atoms with Gasteiger partial charge >= 0.3 is 0 Å². The molecule has 1 N–H and O–H groups in total. The zero-order valence-electron chi connectivity index (χ0n) is 8.46. The molecule has 1 aromatic rings. The van der Waals surface area contributed by atoms with Crippen molar-refractivity contribution >= 4 is 11.6 Å². The Balaban J connectivity index is 2.59. The van der Waals surface area contributed by atoms with Crippen LogP contribution in [0.25, 0.3) is 0 Å². The molecule has 2 nitrogen and oxygen atoms in total. The highest BCUT2D eigenvalue weighted by atomic mass is 35.5. The topological polar surface area (TPSA) is 29.5 Å². The van der Waals surface area contributed by atoms with Crippen molar-refractivity contribution in [3.8, 4) is 5.75 Å². The number of benzene rings is 1. The van der Waals surface area contributed by atoms with Crippen LogP contribution in [0.15, 0.2) is 18.2 Å². The van der Waals surface area contributed by atoms with Crippen LogP contribution in [0.4, 0.5) is 0 Å². The van der Waals surface area contributed by atoms with E-state index in [1.807, 2.05) is 26.0 Å². The van der Waals surface area contributed by atoms with Crippen molar-refractivity contribution in [1.82, 2.24) is 0 Å². The third-order valence-corrected chi connectivity index (χ3v) is 2.21. The van der Waals surface area contributed by atoms with Gasteiger partial charge in [0, 0.05) is 17.5 Å². The Kier molecular flexibility index (Phi) is 4.23. The van der Waals surface area contributed by atoms with Crippen LogP contribution in [0.1, 0.15) is 12.5 Å². The van der Waals surface area contributed by atoms with E-state index in [4.69, 9.17) is 21.4 Å². The fourth-order valence-electron chi connectivity index (χ4n) is 1.06. The molecule has 0 heterocycles. The molecule has 0 aliphatic rings. The first-order chi connectivity index (χ1) is 6.63. The van der Waals surface area contributed by atoms with E-state index in [2.05, 4.69) is 0 Å². The average molecular weight is 215 g/mol. The molecule has 0 amide bonds. The Morgan fingerprint density at radius 1 is 1.50 bits per heavy atom. The van der Waals surface area contributed by atoms with Gasteiger partial charge in [0.1, 0.15) is 5.75 Å². The molecule has 0 aliphatic carbocycles. The van der Waals surface area contributed by atoms with Gasteiger partial charge in [-0.2, -0.15) is 0 Å². The number of aryl methyl sites for hydroxylation is 1. The lowest BCUT2D eigenvalue weighted by atomic mass is 10.2. The Morgan fingerprint density at radius 3 is 2.79 bits per heavy atom. The van der Waals surface area contributed by atoms with E-state index in [-0.39, 0.29) is 12.5 Å². The molecule has 0 saturated carbocycles. The van der Waals surface area contributed by atoms with Gasteiger partial charge in [-0.05, 0) is 30.7 Å². The molecule has 0 aromatic heterocycles. The van der Waals surface area contributed by atoms with Crippen LogP contribution in [-0.2, 0) is 0 Å². The SMILES string of the molecule is Cc1cc(Cl)ccc1OCC(C)CO. The van der Waals surface area contributed by atoms with Crippen molar-refractivity contribution in [3.05, 3.63) is 28.8 Å². The van der Waals surface area contributed by atoms with E-state index >= 15 is 0 Å². The van der Waals surface area contributed by atoms with Crippen molar-refractivity contribution in [2.24, 2.45) is 5.92 Å². The fourth-order valence-corrected chi connectivity index (χ4v) is 1.29. The summed E-state index contributed by atoms with van der Waals surface area (Å²) < 4.78 is 5.53. The minimum absolute atomic E-state index is 0.145. The smallest absolute Gasteiger partial charge is 0.122 e. The highest BCUT2D eigenvalue weighted by Gasteiger charge is 2.03. The van der Waals surface area contributed by atoms with E-state index in [1.54, 1.807) is 6.07 Å². The highest BCUT2D eigenvalue weighted by Crippen LogP contribution is 2.22. The molecule has 3 heteroatoms. The molecule has 0 bridgehead atoms. The number of aliphatic hydroxyl groups is 1. The summed E-state index contributed by atoms with van der Waals surface area (Å²) in [6.07, 6.45) is 0. The summed E-state index contributed by atoms with van der Waals surface area (Å²) in [5.41, 5.74) is 1.02. The molecule has 0 radical (unpaired) electrons. The first kappa shape index (κ1) is 11.3. The Labute approximate surface area is 89.5 Å². The zero-order chi connectivity index (χ0) is 10.6. The first-order valence-electron chi connectivity index (χ1n) is 4.63. The van der Waals surface area contributed by atoms with Crippen LogP contribution >= 0.6 is 11.6 Å². The minimum Gasteiger partial charge on any atom is -0.493 e. The quantitative estimate of drug-likeness (QED) is 0.835. The molecule has 1 unspecified atom stereocenters. The van der Waals surface area contributed by atoms with E-state index in [0.29, 0.717) is 11.6 Å². The molecule has 1 aromatic carbocycles. The van der Waals surface area contributed by atoms with Crippen LogP contribution in [-0.4, -0.2) is 18.3 Å². The summed E-state index contributed by atoms with van der Waals surface area (Å²) in [5, 5.41) is 9.54. The van der Waals surface area contributed by atoms with Gasteiger partial charge in [-0.15, -0.1) is 0 Å². The maximum atomic E-state index is 8.83. The predicted molar refractivity (Wildman–Crippen MR) is 57.9 cm³/mol. The van der Waals surface area contributed by atoms with Crippen molar-refractivity contribution in [3.63, 3.8) is 0 Å². The van der Waals surface area contributed by atoms with Crippen molar-refractivity contribution in [2.45, 2.75) is 13.8 Å². The molecule has 14 heavy (non-hydrogen) atoms. The molecule has 0 fully saturated rings. The van der Waals surface area contributed by atoms with E-state index in [0.717, 1.165) is 11.3 Å². The maximum Gasteiger partial charge on any atom is 0.122 e. The van der Waals surface area contributed by atoms with Gasteiger partial charge < -0.3 is 9.84 Å². The summed E-state index contributed by atoms with van der Waals surface area (Å²) in [6.45, 7) is 4.56. The summed E-state index contributed by atoms with van der Waals surface area (Å²) in [6, 6.07) is 5.51. The van der Waals surface area contributed by atoms with Gasteiger partial charge in [0.2, 0.25) is 0 Å². The van der Waals surface area contributed by atoms with Crippen molar-refractivity contribution in [2.75, 3.05) is 13.2 Å². The third-order valence-electron chi connectivity index (χ3n) is 1.97. The van der Waals surface area contributed by atoms with Crippen LogP contribution in [0.2, 0.25) is 5.02 Å². The van der Waals surface area contributed by atoms with Crippen LogP contribution < -0.4 is 4.74 Å². The Hall–Kier alpha value is -0.730. The maximum absolute atomic E-state index is 8.83. The second-order valence-corrected chi connectivity index (χ2v) is 3.95. The number of halogens is 1. The summed E-state index contributed by atoms with van der Waals surface area (Å²) >= 11 is 5.81. The fraction of sp³-hybridized carbons (Fsp3) is 0.455. The van der Waals surface area contributed by atoms with Gasteiger partial charge in [0.05, 0.1) is 6.61 Å². The second kappa shape index (κ2) is 5.23. The number of rotatable bonds is 4. The van der Waals surface area contributed by atoms with Crippen molar-refractivity contribution < 1.29 is 9.84 Å². The summed E-state index contributed by atoms with van der Waals surface area (Å²) in [4.78, 5) is 0. The van der Waals surface area contributed by atoms with Gasteiger partial charge in [-0.25, -0.2) is 0 Å². The lowest BCUT2D eigenvalue weighted by Gasteiger charge is -2.12. The monoisotopic (exact) mass is 214 g/mol. The van der Waals surface area contributed by atoms with Gasteiger partial charge in [-0.3, -0.25) is 0 Å². The zero-order valence-corrected chi connectivity index (χ0v) is 9.21. The van der Waals surface area contributed by atoms with E-state index in [1.165, 1.54) is 0 Å². The number of ether oxygens (including phenoxy) is 1. The second-order valence-electron chi connectivity index (χ2n) is 3.51.